The Morgan fingerprint density at radius 1 is 1.35 bits per heavy atom. The Balaban J connectivity index is 1.88. The maximum atomic E-state index is 12.0. The molecule has 0 aliphatic carbocycles. The average Bonchev–Trinajstić information content (AvgIpc) is 2.55. The van der Waals surface area contributed by atoms with Crippen LogP contribution in [0.2, 0.25) is 10.0 Å². The molecule has 0 amide bonds. The van der Waals surface area contributed by atoms with Gasteiger partial charge in [0.25, 0.3) is 5.56 Å². The molecular formula is C15H14BrCl2N3O2. The standard InChI is InChI=1S/C15H14BrCl2N3O2/c1-20-15(22)14(16)12(7-19-20)21-4-5-23-13(8-21)9-2-3-10(17)11(18)6-9/h2-3,6-7,13H,4-5,8H2,1H3. The third-order valence-corrected chi connectivity index (χ3v) is 5.27. The number of hydrogen-bond donors (Lipinski definition) is 0. The van der Waals surface area contributed by atoms with Crippen LogP contribution in [0.4, 0.5) is 5.69 Å². The van der Waals surface area contributed by atoms with Gasteiger partial charge in [-0.25, -0.2) is 4.68 Å². The molecule has 0 radical (unpaired) electrons. The van der Waals surface area contributed by atoms with Crippen LogP contribution >= 0.6 is 39.1 Å². The fourth-order valence-electron chi connectivity index (χ4n) is 2.50. The number of benzene rings is 1. The Bertz CT molecular complexity index is 797. The highest BCUT2D eigenvalue weighted by Gasteiger charge is 2.25. The van der Waals surface area contributed by atoms with Gasteiger partial charge in [0.2, 0.25) is 0 Å². The Kier molecular flexibility index (Phi) is 4.96. The van der Waals surface area contributed by atoms with Crippen molar-refractivity contribution in [2.45, 2.75) is 6.10 Å². The van der Waals surface area contributed by atoms with Crippen molar-refractivity contribution in [2.75, 3.05) is 24.6 Å². The molecule has 5 nitrogen and oxygen atoms in total. The molecule has 1 aromatic carbocycles. The van der Waals surface area contributed by atoms with Gasteiger partial charge in [-0.15, -0.1) is 0 Å². The first-order valence-corrected chi connectivity index (χ1v) is 8.55. The molecule has 0 bridgehead atoms. The SMILES string of the molecule is Cn1ncc(N2CCOC(c3ccc(Cl)c(Cl)c3)C2)c(Br)c1=O. The number of aryl methyl sites for hydroxylation is 1. The zero-order valence-electron chi connectivity index (χ0n) is 12.3. The summed E-state index contributed by atoms with van der Waals surface area (Å²) in [5.41, 5.74) is 1.55. The number of hydrogen-bond acceptors (Lipinski definition) is 4. The number of rotatable bonds is 2. The molecule has 1 aromatic heterocycles. The van der Waals surface area contributed by atoms with Crippen LogP contribution in [0.1, 0.15) is 11.7 Å². The molecule has 122 valence electrons. The minimum atomic E-state index is -0.167. The van der Waals surface area contributed by atoms with Gasteiger partial charge < -0.3 is 9.64 Å². The van der Waals surface area contributed by atoms with E-state index >= 15 is 0 Å². The minimum Gasteiger partial charge on any atom is -0.370 e. The minimum absolute atomic E-state index is 0.144. The lowest BCUT2D eigenvalue weighted by Gasteiger charge is -2.35. The van der Waals surface area contributed by atoms with Crippen molar-refractivity contribution in [3.63, 3.8) is 0 Å². The normalized spacial score (nSPS) is 18.3. The van der Waals surface area contributed by atoms with E-state index in [1.807, 2.05) is 12.1 Å². The van der Waals surface area contributed by atoms with Crippen molar-refractivity contribution < 1.29 is 4.74 Å². The third-order valence-electron chi connectivity index (χ3n) is 3.78. The Labute approximate surface area is 151 Å². The van der Waals surface area contributed by atoms with E-state index in [1.165, 1.54) is 4.68 Å². The summed E-state index contributed by atoms with van der Waals surface area (Å²) in [5, 5.41) is 5.11. The van der Waals surface area contributed by atoms with Gasteiger partial charge in [0.05, 0.1) is 28.5 Å². The van der Waals surface area contributed by atoms with E-state index in [1.54, 1.807) is 19.3 Å². The molecule has 2 heterocycles. The molecule has 1 atom stereocenters. The van der Waals surface area contributed by atoms with E-state index in [0.29, 0.717) is 34.2 Å². The van der Waals surface area contributed by atoms with Gasteiger partial charge in [-0.1, -0.05) is 29.3 Å². The summed E-state index contributed by atoms with van der Waals surface area (Å²) in [6, 6.07) is 5.48. The molecule has 8 heteroatoms. The highest BCUT2D eigenvalue weighted by Crippen LogP contribution is 2.31. The number of aromatic nitrogens is 2. The van der Waals surface area contributed by atoms with Crippen molar-refractivity contribution in [2.24, 2.45) is 7.05 Å². The second-order valence-electron chi connectivity index (χ2n) is 5.25. The molecule has 1 saturated heterocycles. The van der Waals surface area contributed by atoms with E-state index in [4.69, 9.17) is 27.9 Å². The van der Waals surface area contributed by atoms with Gasteiger partial charge >= 0.3 is 0 Å². The fraction of sp³-hybridized carbons (Fsp3) is 0.333. The summed E-state index contributed by atoms with van der Waals surface area (Å²) in [5.74, 6) is 0. The topological polar surface area (TPSA) is 47.4 Å². The van der Waals surface area contributed by atoms with Gasteiger partial charge in [-0.3, -0.25) is 4.79 Å². The smallest absolute Gasteiger partial charge is 0.282 e. The van der Waals surface area contributed by atoms with E-state index < -0.39 is 0 Å². The number of nitrogens with zero attached hydrogens (tertiary/aromatic N) is 3. The first kappa shape index (κ1) is 16.8. The lowest BCUT2D eigenvalue weighted by atomic mass is 10.1. The molecule has 3 rings (SSSR count). The summed E-state index contributed by atoms with van der Waals surface area (Å²) in [4.78, 5) is 14.1. The van der Waals surface area contributed by atoms with E-state index in [-0.39, 0.29) is 11.7 Å². The lowest BCUT2D eigenvalue weighted by Crippen LogP contribution is -2.39. The van der Waals surface area contributed by atoms with Crippen molar-refractivity contribution in [3.8, 4) is 0 Å². The summed E-state index contributed by atoms with van der Waals surface area (Å²) in [6.07, 6.45) is 1.54. The maximum Gasteiger partial charge on any atom is 0.282 e. The quantitative estimate of drug-likeness (QED) is 0.749. The Morgan fingerprint density at radius 3 is 2.87 bits per heavy atom. The molecular weight excluding hydrogens is 405 g/mol. The molecule has 1 fully saturated rings. The van der Waals surface area contributed by atoms with Gasteiger partial charge in [-0.05, 0) is 33.6 Å². The maximum absolute atomic E-state index is 12.0. The highest BCUT2D eigenvalue weighted by molar-refractivity contribution is 9.10. The van der Waals surface area contributed by atoms with Crippen LogP contribution in [0.5, 0.6) is 0 Å². The van der Waals surface area contributed by atoms with Crippen LogP contribution in [-0.4, -0.2) is 29.5 Å². The van der Waals surface area contributed by atoms with Crippen LogP contribution < -0.4 is 10.5 Å². The van der Waals surface area contributed by atoms with Crippen molar-refractivity contribution in [1.82, 2.24) is 9.78 Å². The first-order chi connectivity index (χ1) is 11.0. The molecule has 1 unspecified atom stereocenters. The highest BCUT2D eigenvalue weighted by atomic mass is 79.9. The van der Waals surface area contributed by atoms with Crippen LogP contribution in [0.3, 0.4) is 0 Å². The molecule has 2 aromatic rings. The van der Waals surface area contributed by atoms with Crippen molar-refractivity contribution in [1.29, 1.82) is 0 Å². The molecule has 1 aliphatic rings. The van der Waals surface area contributed by atoms with Gasteiger partial charge in [-0.2, -0.15) is 5.10 Å². The fourth-order valence-corrected chi connectivity index (χ4v) is 3.42. The number of anilines is 1. The zero-order valence-corrected chi connectivity index (χ0v) is 15.4. The van der Waals surface area contributed by atoms with E-state index in [0.717, 1.165) is 11.3 Å². The molecule has 1 aliphatic heterocycles. The van der Waals surface area contributed by atoms with E-state index in [2.05, 4.69) is 25.9 Å². The largest absolute Gasteiger partial charge is 0.370 e. The average molecular weight is 419 g/mol. The van der Waals surface area contributed by atoms with Crippen LogP contribution in [-0.2, 0) is 11.8 Å². The molecule has 0 spiro atoms. The van der Waals surface area contributed by atoms with Gasteiger partial charge in [0, 0.05) is 20.1 Å². The first-order valence-electron chi connectivity index (χ1n) is 7.00. The molecule has 23 heavy (non-hydrogen) atoms. The van der Waals surface area contributed by atoms with Crippen LogP contribution in [0.25, 0.3) is 0 Å². The van der Waals surface area contributed by atoms with Crippen LogP contribution in [0.15, 0.2) is 33.7 Å². The van der Waals surface area contributed by atoms with Gasteiger partial charge in [0.15, 0.2) is 0 Å². The van der Waals surface area contributed by atoms with Crippen LogP contribution in [0, 0.1) is 0 Å². The Hall–Kier alpha value is -1.08. The number of halogens is 3. The summed E-state index contributed by atoms with van der Waals surface area (Å²) in [6.45, 7) is 1.84. The number of morpholine rings is 1. The van der Waals surface area contributed by atoms with Gasteiger partial charge in [0.1, 0.15) is 10.6 Å². The third kappa shape index (κ3) is 3.40. The monoisotopic (exact) mass is 417 g/mol. The Morgan fingerprint density at radius 2 is 2.13 bits per heavy atom. The predicted molar refractivity (Wildman–Crippen MR) is 94.5 cm³/mol. The van der Waals surface area contributed by atoms with Crippen molar-refractivity contribution >= 4 is 44.8 Å². The van der Waals surface area contributed by atoms with Crippen molar-refractivity contribution in [3.05, 3.63) is 54.8 Å². The zero-order chi connectivity index (χ0) is 16.6. The molecule has 0 N–H and O–H groups in total. The molecule has 0 saturated carbocycles. The predicted octanol–water partition coefficient (Wildman–Crippen LogP) is 3.43. The van der Waals surface area contributed by atoms with E-state index in [9.17, 15) is 4.79 Å². The second kappa shape index (κ2) is 6.81. The lowest BCUT2D eigenvalue weighted by molar-refractivity contribution is 0.0397. The number of ether oxygens (including phenoxy) is 1. The summed E-state index contributed by atoms with van der Waals surface area (Å²) in [7, 11) is 1.62. The second-order valence-corrected chi connectivity index (χ2v) is 6.86. The summed E-state index contributed by atoms with van der Waals surface area (Å²) >= 11 is 15.4. The summed E-state index contributed by atoms with van der Waals surface area (Å²) < 4.78 is 7.64.